The molecular formula is C12H12BrClFNO2. The molecule has 1 amide bonds. The predicted molar refractivity (Wildman–Crippen MR) is 70.5 cm³/mol. The first-order valence-corrected chi connectivity index (χ1v) is 6.86. The van der Waals surface area contributed by atoms with Crippen molar-refractivity contribution in [1.29, 1.82) is 0 Å². The van der Waals surface area contributed by atoms with Gasteiger partial charge in [-0.1, -0.05) is 0 Å². The molecular weight excluding hydrogens is 324 g/mol. The Morgan fingerprint density at radius 1 is 1.61 bits per heavy atom. The largest absolute Gasteiger partial charge is 0.377 e. The van der Waals surface area contributed by atoms with E-state index in [1.165, 1.54) is 18.2 Å². The molecule has 0 bridgehead atoms. The van der Waals surface area contributed by atoms with E-state index in [2.05, 4.69) is 15.9 Å². The number of carbonyl (C=O) groups excluding carboxylic acids is 1. The summed E-state index contributed by atoms with van der Waals surface area (Å²) >= 11 is 9.08. The van der Waals surface area contributed by atoms with E-state index in [-0.39, 0.29) is 11.9 Å². The van der Waals surface area contributed by atoms with Crippen LogP contribution in [0, 0.1) is 5.82 Å². The molecule has 1 aliphatic rings. The summed E-state index contributed by atoms with van der Waals surface area (Å²) in [6.45, 7) is 1.37. The predicted octanol–water partition coefficient (Wildman–Crippen LogP) is 2.67. The Balaban J connectivity index is 2.26. The molecule has 1 heterocycles. The zero-order valence-electron chi connectivity index (χ0n) is 9.54. The number of halogens is 3. The van der Waals surface area contributed by atoms with Gasteiger partial charge in [-0.25, -0.2) is 4.39 Å². The van der Waals surface area contributed by atoms with E-state index < -0.39 is 5.82 Å². The zero-order valence-corrected chi connectivity index (χ0v) is 11.9. The molecule has 1 aromatic rings. The number of amides is 1. The van der Waals surface area contributed by atoms with Gasteiger partial charge < -0.3 is 9.64 Å². The molecule has 6 heteroatoms. The summed E-state index contributed by atoms with van der Waals surface area (Å²) in [5.41, 5.74) is 0.312. The molecule has 0 radical (unpaired) electrons. The topological polar surface area (TPSA) is 29.5 Å². The van der Waals surface area contributed by atoms with E-state index in [1.54, 1.807) is 4.90 Å². The van der Waals surface area contributed by atoms with E-state index in [9.17, 15) is 9.18 Å². The lowest BCUT2D eigenvalue weighted by molar-refractivity contribution is 0.00449. The van der Waals surface area contributed by atoms with Gasteiger partial charge in [-0.3, -0.25) is 4.79 Å². The molecule has 98 valence electrons. The van der Waals surface area contributed by atoms with Crippen LogP contribution in [0.1, 0.15) is 10.4 Å². The first kappa shape index (κ1) is 13.8. The van der Waals surface area contributed by atoms with Gasteiger partial charge in [0.05, 0.1) is 24.8 Å². The van der Waals surface area contributed by atoms with Crippen molar-refractivity contribution in [3.05, 3.63) is 34.1 Å². The Kier molecular flexibility index (Phi) is 4.59. The second-order valence-corrected chi connectivity index (χ2v) is 5.17. The van der Waals surface area contributed by atoms with Crippen molar-refractivity contribution in [2.45, 2.75) is 6.04 Å². The molecule has 1 fully saturated rings. The monoisotopic (exact) mass is 335 g/mol. The summed E-state index contributed by atoms with van der Waals surface area (Å²) in [6, 6.07) is 3.90. The maximum atomic E-state index is 13.2. The molecule has 0 aliphatic carbocycles. The molecule has 1 atom stereocenters. The minimum Gasteiger partial charge on any atom is -0.377 e. The highest BCUT2D eigenvalue weighted by Gasteiger charge is 2.28. The molecule has 0 aromatic heterocycles. The van der Waals surface area contributed by atoms with Gasteiger partial charge in [-0.05, 0) is 34.1 Å². The summed E-state index contributed by atoms with van der Waals surface area (Å²) in [5, 5.41) is 0. The van der Waals surface area contributed by atoms with Crippen LogP contribution in [-0.4, -0.2) is 42.5 Å². The quantitative estimate of drug-likeness (QED) is 0.777. The molecule has 0 N–H and O–H groups in total. The number of morpholine rings is 1. The van der Waals surface area contributed by atoms with Gasteiger partial charge in [-0.2, -0.15) is 0 Å². The average Bonchev–Trinajstić information content (AvgIpc) is 2.40. The maximum absolute atomic E-state index is 13.2. The number of benzene rings is 1. The SMILES string of the molecule is O=C(c1cc(F)ccc1Br)N1CCOCC1CCl. The lowest BCUT2D eigenvalue weighted by Gasteiger charge is -2.34. The zero-order chi connectivity index (χ0) is 13.1. The maximum Gasteiger partial charge on any atom is 0.255 e. The number of hydrogen-bond acceptors (Lipinski definition) is 2. The Bertz CT molecular complexity index is 458. The Hall–Kier alpha value is -0.650. The van der Waals surface area contributed by atoms with Crippen LogP contribution in [-0.2, 0) is 4.74 Å². The molecule has 18 heavy (non-hydrogen) atoms. The molecule has 1 aliphatic heterocycles. The fourth-order valence-corrected chi connectivity index (χ4v) is 2.54. The minimum atomic E-state index is -0.433. The van der Waals surface area contributed by atoms with Crippen LogP contribution in [0.15, 0.2) is 22.7 Å². The van der Waals surface area contributed by atoms with Crippen molar-refractivity contribution in [2.24, 2.45) is 0 Å². The molecule has 1 saturated heterocycles. The average molecular weight is 337 g/mol. The van der Waals surface area contributed by atoms with Crippen molar-refractivity contribution in [3.63, 3.8) is 0 Å². The van der Waals surface area contributed by atoms with Gasteiger partial charge in [0.1, 0.15) is 5.82 Å². The summed E-state index contributed by atoms with van der Waals surface area (Å²) < 4.78 is 19.1. The fraction of sp³-hybridized carbons (Fsp3) is 0.417. The first-order valence-electron chi connectivity index (χ1n) is 5.53. The molecule has 3 nitrogen and oxygen atoms in total. The fourth-order valence-electron chi connectivity index (χ4n) is 1.87. The van der Waals surface area contributed by atoms with Crippen LogP contribution in [0.2, 0.25) is 0 Å². The molecule has 0 saturated carbocycles. The molecule has 1 aromatic carbocycles. The van der Waals surface area contributed by atoms with E-state index in [0.29, 0.717) is 35.7 Å². The Morgan fingerprint density at radius 2 is 2.39 bits per heavy atom. The second-order valence-electron chi connectivity index (χ2n) is 4.01. The van der Waals surface area contributed by atoms with Crippen molar-refractivity contribution in [2.75, 3.05) is 25.6 Å². The normalized spacial score (nSPS) is 19.9. The summed E-state index contributed by atoms with van der Waals surface area (Å²) in [6.07, 6.45) is 0. The van der Waals surface area contributed by atoms with E-state index in [4.69, 9.17) is 16.3 Å². The van der Waals surface area contributed by atoms with Crippen LogP contribution in [0.5, 0.6) is 0 Å². The number of ether oxygens (including phenoxy) is 1. The number of hydrogen-bond donors (Lipinski definition) is 0. The Labute approximate surface area is 118 Å². The van der Waals surface area contributed by atoms with E-state index >= 15 is 0 Å². The number of rotatable bonds is 2. The highest BCUT2D eigenvalue weighted by molar-refractivity contribution is 9.10. The van der Waals surface area contributed by atoms with Gasteiger partial charge in [0.25, 0.3) is 5.91 Å². The minimum absolute atomic E-state index is 0.164. The second kappa shape index (κ2) is 5.99. The first-order chi connectivity index (χ1) is 8.63. The summed E-state index contributed by atoms with van der Waals surface area (Å²) in [7, 11) is 0. The van der Waals surface area contributed by atoms with Crippen LogP contribution in [0.4, 0.5) is 4.39 Å². The number of carbonyl (C=O) groups is 1. The van der Waals surface area contributed by atoms with E-state index in [0.717, 1.165) is 0 Å². The van der Waals surface area contributed by atoms with Crippen molar-refractivity contribution >= 4 is 33.4 Å². The lowest BCUT2D eigenvalue weighted by atomic mass is 10.1. The van der Waals surface area contributed by atoms with Crippen molar-refractivity contribution < 1.29 is 13.9 Å². The van der Waals surface area contributed by atoms with Crippen LogP contribution in [0.3, 0.4) is 0 Å². The summed E-state index contributed by atoms with van der Waals surface area (Å²) in [5.74, 6) is -0.355. The van der Waals surface area contributed by atoms with Gasteiger partial charge in [0.15, 0.2) is 0 Å². The third-order valence-electron chi connectivity index (χ3n) is 2.83. The van der Waals surface area contributed by atoms with Gasteiger partial charge in [0.2, 0.25) is 0 Å². The smallest absolute Gasteiger partial charge is 0.255 e. The van der Waals surface area contributed by atoms with Gasteiger partial charge in [-0.15, -0.1) is 11.6 Å². The van der Waals surface area contributed by atoms with Crippen molar-refractivity contribution in [3.8, 4) is 0 Å². The highest BCUT2D eigenvalue weighted by Crippen LogP contribution is 2.22. The Morgan fingerprint density at radius 3 is 3.11 bits per heavy atom. The third-order valence-corrected chi connectivity index (χ3v) is 3.87. The summed E-state index contributed by atoms with van der Waals surface area (Å²) in [4.78, 5) is 14.0. The third kappa shape index (κ3) is 2.84. The van der Waals surface area contributed by atoms with Gasteiger partial charge >= 0.3 is 0 Å². The molecule has 1 unspecified atom stereocenters. The molecule has 2 rings (SSSR count). The standard InChI is InChI=1S/C12H12BrClFNO2/c13-11-2-1-8(15)5-10(11)12(17)16-3-4-18-7-9(16)6-14/h1-2,5,9H,3-4,6-7H2. The number of alkyl halides is 1. The lowest BCUT2D eigenvalue weighted by Crippen LogP contribution is -2.49. The van der Waals surface area contributed by atoms with Crippen LogP contribution in [0.25, 0.3) is 0 Å². The molecule has 0 spiro atoms. The number of nitrogens with zero attached hydrogens (tertiary/aromatic N) is 1. The highest BCUT2D eigenvalue weighted by atomic mass is 79.9. The van der Waals surface area contributed by atoms with Crippen molar-refractivity contribution in [1.82, 2.24) is 4.90 Å². The van der Waals surface area contributed by atoms with Crippen LogP contribution < -0.4 is 0 Å². The van der Waals surface area contributed by atoms with Crippen LogP contribution >= 0.6 is 27.5 Å². The van der Waals surface area contributed by atoms with E-state index in [1.807, 2.05) is 0 Å². The van der Waals surface area contributed by atoms with Gasteiger partial charge in [0, 0.05) is 16.9 Å².